The maximum Gasteiger partial charge on any atom is 0.264 e. The summed E-state index contributed by atoms with van der Waals surface area (Å²) in [6, 6.07) is 0. The van der Waals surface area contributed by atoms with E-state index in [9.17, 15) is 8.42 Å². The number of hydrogen-bond acceptors (Lipinski definition) is 2. The fraction of sp³-hybridized carbons (Fsp3) is 1.00. The van der Waals surface area contributed by atoms with E-state index in [0.29, 0.717) is 6.42 Å². The predicted molar refractivity (Wildman–Crippen MR) is 92.1 cm³/mol. The standard InChI is InChI=1S/C15H33O3PS/c1-13(2,3)19(14(4,5)6,15(7,8)9)11-10-12-20(16,17)18/h10-12H2,1-9H3/p+1. The maximum absolute atomic E-state index is 11.0. The Bertz CT molecular complexity index is 383. The molecule has 20 heavy (non-hydrogen) atoms. The SMILES string of the molecule is CC(C)(C)[P+](CCCS(=O)(=O)O)(C(C)(C)C)C(C)(C)C. The van der Waals surface area contributed by atoms with Gasteiger partial charge in [0, 0.05) is 7.26 Å². The highest BCUT2D eigenvalue weighted by Crippen LogP contribution is 2.83. The minimum atomic E-state index is -3.87. The molecule has 0 saturated heterocycles. The molecule has 0 fully saturated rings. The Kier molecular flexibility index (Phi) is 5.95. The van der Waals surface area contributed by atoms with Gasteiger partial charge in [0.15, 0.2) is 0 Å². The van der Waals surface area contributed by atoms with E-state index < -0.39 is 17.4 Å². The quantitative estimate of drug-likeness (QED) is 0.603. The Hall–Kier alpha value is 0.340. The molecule has 0 saturated carbocycles. The molecule has 0 aromatic carbocycles. The van der Waals surface area contributed by atoms with Gasteiger partial charge in [0.05, 0.1) is 27.4 Å². The van der Waals surface area contributed by atoms with Gasteiger partial charge in [0.1, 0.15) is 0 Å². The van der Waals surface area contributed by atoms with E-state index in [0.717, 1.165) is 6.16 Å². The lowest BCUT2D eigenvalue weighted by atomic mass is 10.2. The smallest absolute Gasteiger partial charge is 0.264 e. The van der Waals surface area contributed by atoms with E-state index in [4.69, 9.17) is 4.55 Å². The third-order valence-corrected chi connectivity index (χ3v) is 13.0. The molecule has 0 aromatic rings. The third-order valence-electron chi connectivity index (χ3n) is 4.33. The summed E-state index contributed by atoms with van der Waals surface area (Å²) in [4.78, 5) is 0. The predicted octanol–water partition coefficient (Wildman–Crippen LogP) is 4.68. The zero-order valence-corrected chi connectivity index (χ0v) is 16.5. The van der Waals surface area contributed by atoms with Crippen LogP contribution in [0.15, 0.2) is 0 Å². The van der Waals surface area contributed by atoms with Crippen LogP contribution in [-0.2, 0) is 10.1 Å². The van der Waals surface area contributed by atoms with Crippen LogP contribution in [0.5, 0.6) is 0 Å². The molecule has 0 bridgehead atoms. The van der Waals surface area contributed by atoms with Gasteiger partial charge in [0.25, 0.3) is 10.1 Å². The second kappa shape index (κ2) is 5.85. The van der Waals surface area contributed by atoms with Crippen molar-refractivity contribution in [2.45, 2.75) is 84.2 Å². The van der Waals surface area contributed by atoms with Gasteiger partial charge < -0.3 is 0 Å². The molecule has 3 nitrogen and oxygen atoms in total. The van der Waals surface area contributed by atoms with Crippen molar-refractivity contribution in [3.05, 3.63) is 0 Å². The molecule has 122 valence electrons. The monoisotopic (exact) mass is 325 g/mol. The molecule has 0 radical (unpaired) electrons. The summed E-state index contributed by atoms with van der Waals surface area (Å²) in [5, 5.41) is 0.425. The van der Waals surface area contributed by atoms with Crippen molar-refractivity contribution in [1.82, 2.24) is 0 Å². The summed E-state index contributed by atoms with van der Waals surface area (Å²) < 4.78 is 31.1. The molecule has 0 heterocycles. The van der Waals surface area contributed by atoms with Gasteiger partial charge in [-0.05, 0) is 68.7 Å². The molecule has 0 aliphatic rings. The molecule has 0 aliphatic heterocycles. The van der Waals surface area contributed by atoms with Gasteiger partial charge in [-0.1, -0.05) is 0 Å². The van der Waals surface area contributed by atoms with Gasteiger partial charge in [0.2, 0.25) is 0 Å². The van der Waals surface area contributed by atoms with Crippen molar-refractivity contribution in [3.63, 3.8) is 0 Å². The van der Waals surface area contributed by atoms with Gasteiger partial charge in [-0.15, -0.1) is 0 Å². The Morgan fingerprint density at radius 3 is 1.30 bits per heavy atom. The van der Waals surface area contributed by atoms with Gasteiger partial charge in [-0.2, -0.15) is 8.42 Å². The zero-order chi connectivity index (χ0) is 16.6. The second-order valence-electron chi connectivity index (χ2n) is 8.69. The first-order chi connectivity index (χ1) is 8.46. The van der Waals surface area contributed by atoms with Crippen LogP contribution in [0, 0.1) is 0 Å². The molecule has 0 unspecified atom stereocenters. The largest absolute Gasteiger partial charge is 0.286 e. The zero-order valence-electron chi connectivity index (χ0n) is 14.7. The highest BCUT2D eigenvalue weighted by Gasteiger charge is 2.63. The lowest BCUT2D eigenvalue weighted by molar-refractivity contribution is 0.481. The van der Waals surface area contributed by atoms with Crippen molar-refractivity contribution >= 4 is 17.4 Å². The minimum Gasteiger partial charge on any atom is -0.286 e. The maximum atomic E-state index is 11.0. The summed E-state index contributed by atoms with van der Waals surface area (Å²) in [5.74, 6) is -0.128. The van der Waals surface area contributed by atoms with Crippen molar-refractivity contribution in [2.75, 3.05) is 11.9 Å². The van der Waals surface area contributed by atoms with Crippen LogP contribution >= 0.6 is 7.26 Å². The summed E-state index contributed by atoms with van der Waals surface area (Å²) >= 11 is 0. The average molecular weight is 325 g/mol. The Labute approximate surface area is 127 Å². The van der Waals surface area contributed by atoms with Crippen molar-refractivity contribution in [2.24, 2.45) is 0 Å². The van der Waals surface area contributed by atoms with Crippen LogP contribution in [0.1, 0.15) is 68.7 Å². The summed E-state index contributed by atoms with van der Waals surface area (Å²) in [5.41, 5.74) is 0. The molecular weight excluding hydrogens is 291 g/mol. The molecular formula is C15H34O3PS+. The summed E-state index contributed by atoms with van der Waals surface area (Å²) in [6.45, 7) is 20.5. The Morgan fingerprint density at radius 2 is 1.10 bits per heavy atom. The van der Waals surface area contributed by atoms with Crippen LogP contribution in [0.4, 0.5) is 0 Å². The fourth-order valence-electron chi connectivity index (χ4n) is 4.51. The first kappa shape index (κ1) is 20.3. The Balaban J connectivity index is 5.69. The van der Waals surface area contributed by atoms with Crippen LogP contribution in [0.3, 0.4) is 0 Å². The van der Waals surface area contributed by atoms with Crippen molar-refractivity contribution in [1.29, 1.82) is 0 Å². The number of rotatable bonds is 4. The number of hydrogen-bond donors (Lipinski definition) is 1. The van der Waals surface area contributed by atoms with Gasteiger partial charge in [-0.3, -0.25) is 4.55 Å². The van der Waals surface area contributed by atoms with Crippen molar-refractivity contribution in [3.8, 4) is 0 Å². The molecule has 0 aromatic heterocycles. The topological polar surface area (TPSA) is 54.4 Å². The summed E-state index contributed by atoms with van der Waals surface area (Å²) in [6.07, 6.45) is 1.43. The van der Waals surface area contributed by atoms with E-state index in [1.165, 1.54) is 0 Å². The lowest BCUT2D eigenvalue weighted by Gasteiger charge is -2.54. The van der Waals surface area contributed by atoms with Gasteiger partial charge in [-0.25, -0.2) is 0 Å². The van der Waals surface area contributed by atoms with E-state index >= 15 is 0 Å². The van der Waals surface area contributed by atoms with Crippen molar-refractivity contribution < 1.29 is 13.0 Å². The minimum absolute atomic E-state index is 0.128. The lowest BCUT2D eigenvalue weighted by Crippen LogP contribution is -2.45. The van der Waals surface area contributed by atoms with Crippen LogP contribution in [0.25, 0.3) is 0 Å². The molecule has 5 heteroatoms. The summed E-state index contributed by atoms with van der Waals surface area (Å²) in [7, 11) is -5.37. The van der Waals surface area contributed by atoms with Crippen LogP contribution < -0.4 is 0 Å². The van der Waals surface area contributed by atoms with E-state index in [1.807, 2.05) is 0 Å². The third kappa shape index (κ3) is 4.42. The Morgan fingerprint density at radius 1 is 0.800 bits per heavy atom. The van der Waals surface area contributed by atoms with Gasteiger partial charge >= 0.3 is 0 Å². The highest BCUT2D eigenvalue weighted by atomic mass is 32.2. The van der Waals surface area contributed by atoms with Crippen LogP contribution in [0.2, 0.25) is 0 Å². The molecule has 0 aliphatic carbocycles. The first-order valence-corrected chi connectivity index (χ1v) is 10.9. The normalized spacial score (nSPS) is 15.5. The molecule has 0 amide bonds. The molecule has 0 spiro atoms. The second-order valence-corrected chi connectivity index (χ2v) is 16.3. The molecule has 1 N–H and O–H groups in total. The van der Waals surface area contributed by atoms with Crippen LogP contribution in [-0.4, -0.2) is 40.4 Å². The van der Waals surface area contributed by atoms with E-state index in [-0.39, 0.29) is 21.2 Å². The average Bonchev–Trinajstić information content (AvgIpc) is 2.03. The van der Waals surface area contributed by atoms with E-state index in [1.54, 1.807) is 0 Å². The fourth-order valence-corrected chi connectivity index (χ4v) is 13.9. The molecule has 0 atom stereocenters. The highest BCUT2D eigenvalue weighted by molar-refractivity contribution is 7.85. The molecule has 0 rings (SSSR count). The first-order valence-electron chi connectivity index (χ1n) is 7.29. The van der Waals surface area contributed by atoms with E-state index in [2.05, 4.69) is 62.3 Å².